The van der Waals surface area contributed by atoms with Crippen molar-refractivity contribution in [3.63, 3.8) is 0 Å². The van der Waals surface area contributed by atoms with Crippen LogP contribution in [0.3, 0.4) is 0 Å². The zero-order chi connectivity index (χ0) is 16.0. The minimum absolute atomic E-state index is 0.0122. The number of benzene rings is 1. The lowest BCUT2D eigenvalue weighted by Gasteiger charge is -2.16. The summed E-state index contributed by atoms with van der Waals surface area (Å²) in [4.78, 5) is 0. The number of hydrogen-bond acceptors (Lipinski definition) is 4. The first-order chi connectivity index (χ1) is 9.73. The fourth-order valence-electron chi connectivity index (χ4n) is 2.05. The standard InChI is InChI=1S/C16H27NO3S/c1-5-13(4)10-21(18,19)11-16(17)14-6-8-15(9-7-14)20-12(2)3/h6-9,12-13,16H,5,10-11,17H2,1-4H3. The van der Waals surface area contributed by atoms with Crippen molar-refractivity contribution in [2.24, 2.45) is 11.7 Å². The van der Waals surface area contributed by atoms with E-state index in [0.29, 0.717) is 0 Å². The van der Waals surface area contributed by atoms with Crippen LogP contribution in [0.5, 0.6) is 5.75 Å². The molecule has 1 aromatic rings. The summed E-state index contributed by atoms with van der Waals surface area (Å²) >= 11 is 0. The van der Waals surface area contributed by atoms with Crippen molar-refractivity contribution in [1.29, 1.82) is 0 Å². The normalized spacial score (nSPS) is 15.0. The Hall–Kier alpha value is -1.07. The highest BCUT2D eigenvalue weighted by molar-refractivity contribution is 7.91. The first-order valence-electron chi connectivity index (χ1n) is 7.46. The Labute approximate surface area is 128 Å². The second kappa shape index (κ2) is 7.80. The van der Waals surface area contributed by atoms with Crippen molar-refractivity contribution < 1.29 is 13.2 Å². The predicted octanol–water partition coefficient (Wildman–Crippen LogP) is 2.93. The molecule has 120 valence electrons. The van der Waals surface area contributed by atoms with Crippen molar-refractivity contribution in [2.75, 3.05) is 11.5 Å². The first kappa shape index (κ1) is 18.0. The lowest BCUT2D eigenvalue weighted by molar-refractivity contribution is 0.242. The van der Waals surface area contributed by atoms with Gasteiger partial charge in [-0.2, -0.15) is 0 Å². The fourth-order valence-corrected chi connectivity index (χ4v) is 4.03. The first-order valence-corrected chi connectivity index (χ1v) is 9.28. The number of ether oxygens (including phenoxy) is 1. The molecular formula is C16H27NO3S. The lowest BCUT2D eigenvalue weighted by Crippen LogP contribution is -2.25. The molecule has 2 N–H and O–H groups in total. The van der Waals surface area contributed by atoms with Gasteiger partial charge in [0.2, 0.25) is 0 Å². The van der Waals surface area contributed by atoms with E-state index in [2.05, 4.69) is 0 Å². The molecule has 0 aliphatic heterocycles. The smallest absolute Gasteiger partial charge is 0.152 e. The van der Waals surface area contributed by atoms with Crippen molar-refractivity contribution in [3.8, 4) is 5.75 Å². The van der Waals surface area contributed by atoms with E-state index >= 15 is 0 Å². The van der Waals surface area contributed by atoms with Crippen LogP contribution >= 0.6 is 0 Å². The molecule has 2 atom stereocenters. The zero-order valence-corrected chi connectivity index (χ0v) is 14.2. The molecule has 0 radical (unpaired) electrons. The van der Waals surface area contributed by atoms with Crippen molar-refractivity contribution >= 4 is 9.84 Å². The molecule has 0 aliphatic rings. The maximum absolute atomic E-state index is 12.1. The van der Waals surface area contributed by atoms with Crippen LogP contribution in [-0.2, 0) is 9.84 Å². The second-order valence-corrected chi connectivity index (χ2v) is 8.09. The third-order valence-corrected chi connectivity index (χ3v) is 5.29. The third kappa shape index (κ3) is 6.48. The molecule has 0 aromatic heterocycles. The van der Waals surface area contributed by atoms with Gasteiger partial charge in [-0.15, -0.1) is 0 Å². The molecule has 0 spiro atoms. The third-order valence-electron chi connectivity index (χ3n) is 3.35. The van der Waals surface area contributed by atoms with Crippen LogP contribution in [0.1, 0.15) is 45.7 Å². The molecule has 0 fully saturated rings. The van der Waals surface area contributed by atoms with Gasteiger partial charge in [0.15, 0.2) is 9.84 Å². The van der Waals surface area contributed by atoms with Crippen LogP contribution in [0.25, 0.3) is 0 Å². The van der Waals surface area contributed by atoms with Gasteiger partial charge in [-0.1, -0.05) is 32.4 Å². The summed E-state index contributed by atoms with van der Waals surface area (Å²) in [5.74, 6) is 1.13. The summed E-state index contributed by atoms with van der Waals surface area (Å²) in [7, 11) is -3.13. The van der Waals surface area contributed by atoms with Gasteiger partial charge in [0, 0.05) is 6.04 Å². The molecule has 0 bridgehead atoms. The van der Waals surface area contributed by atoms with Crippen LogP contribution in [0.4, 0.5) is 0 Å². The quantitative estimate of drug-likeness (QED) is 0.801. The van der Waals surface area contributed by atoms with E-state index in [1.165, 1.54) is 0 Å². The molecule has 21 heavy (non-hydrogen) atoms. The maximum atomic E-state index is 12.1. The average Bonchev–Trinajstić information content (AvgIpc) is 2.37. The lowest BCUT2D eigenvalue weighted by atomic mass is 10.1. The summed E-state index contributed by atoms with van der Waals surface area (Å²) in [5.41, 5.74) is 6.85. The van der Waals surface area contributed by atoms with Gasteiger partial charge in [0.1, 0.15) is 5.75 Å². The Morgan fingerprint density at radius 1 is 1.10 bits per heavy atom. The fraction of sp³-hybridized carbons (Fsp3) is 0.625. The topological polar surface area (TPSA) is 69.4 Å². The molecule has 1 rings (SSSR count). The zero-order valence-electron chi connectivity index (χ0n) is 13.4. The van der Waals surface area contributed by atoms with Gasteiger partial charge in [0.25, 0.3) is 0 Å². The van der Waals surface area contributed by atoms with Gasteiger partial charge in [0.05, 0.1) is 17.6 Å². The van der Waals surface area contributed by atoms with E-state index in [1.807, 2.05) is 52.0 Å². The number of rotatable bonds is 8. The summed E-state index contributed by atoms with van der Waals surface area (Å²) in [6.45, 7) is 7.86. The Balaban J connectivity index is 2.69. The van der Waals surface area contributed by atoms with Gasteiger partial charge >= 0.3 is 0 Å². The molecular weight excluding hydrogens is 286 g/mol. The Bertz CT molecular complexity index is 523. The Kier molecular flexibility index (Phi) is 6.68. The second-order valence-electron chi connectivity index (χ2n) is 5.93. The van der Waals surface area contributed by atoms with E-state index in [0.717, 1.165) is 17.7 Å². The van der Waals surface area contributed by atoms with Gasteiger partial charge < -0.3 is 10.5 Å². The highest BCUT2D eigenvalue weighted by atomic mass is 32.2. The van der Waals surface area contributed by atoms with Crippen molar-refractivity contribution in [2.45, 2.75) is 46.3 Å². The average molecular weight is 313 g/mol. The van der Waals surface area contributed by atoms with Crippen LogP contribution in [-0.4, -0.2) is 26.0 Å². The Morgan fingerprint density at radius 3 is 2.14 bits per heavy atom. The highest BCUT2D eigenvalue weighted by Gasteiger charge is 2.20. The van der Waals surface area contributed by atoms with Crippen LogP contribution in [0.15, 0.2) is 24.3 Å². The van der Waals surface area contributed by atoms with Crippen molar-refractivity contribution in [3.05, 3.63) is 29.8 Å². The largest absolute Gasteiger partial charge is 0.491 e. The molecule has 0 aliphatic carbocycles. The number of nitrogens with two attached hydrogens (primary N) is 1. The summed E-state index contributed by atoms with van der Waals surface area (Å²) in [5, 5.41) is 0. The Morgan fingerprint density at radius 2 is 1.67 bits per heavy atom. The van der Waals surface area contributed by atoms with Gasteiger partial charge in [-0.05, 0) is 37.5 Å². The molecule has 2 unspecified atom stereocenters. The highest BCUT2D eigenvalue weighted by Crippen LogP contribution is 2.19. The van der Waals surface area contributed by atoms with E-state index < -0.39 is 15.9 Å². The van der Waals surface area contributed by atoms with E-state index in [4.69, 9.17) is 10.5 Å². The molecule has 0 amide bonds. The monoisotopic (exact) mass is 313 g/mol. The van der Waals surface area contributed by atoms with Crippen LogP contribution in [0, 0.1) is 5.92 Å². The minimum Gasteiger partial charge on any atom is -0.491 e. The maximum Gasteiger partial charge on any atom is 0.152 e. The molecule has 0 saturated carbocycles. The van der Waals surface area contributed by atoms with E-state index in [1.54, 1.807) is 0 Å². The predicted molar refractivity (Wildman–Crippen MR) is 87.2 cm³/mol. The van der Waals surface area contributed by atoms with Crippen molar-refractivity contribution in [1.82, 2.24) is 0 Å². The number of sulfone groups is 1. The molecule has 1 aromatic carbocycles. The summed E-state index contributed by atoms with van der Waals surface area (Å²) < 4.78 is 29.7. The SMILES string of the molecule is CCC(C)CS(=O)(=O)CC(N)c1ccc(OC(C)C)cc1. The molecule has 4 nitrogen and oxygen atoms in total. The molecule has 0 heterocycles. The van der Waals surface area contributed by atoms with E-state index in [-0.39, 0.29) is 23.5 Å². The summed E-state index contributed by atoms with van der Waals surface area (Å²) in [6, 6.07) is 6.84. The number of hydrogen-bond donors (Lipinski definition) is 1. The molecule has 0 saturated heterocycles. The minimum atomic E-state index is -3.13. The summed E-state index contributed by atoms with van der Waals surface area (Å²) in [6.07, 6.45) is 0.968. The van der Waals surface area contributed by atoms with Crippen LogP contribution in [0.2, 0.25) is 0 Å². The van der Waals surface area contributed by atoms with E-state index in [9.17, 15) is 8.42 Å². The van der Waals surface area contributed by atoms with Gasteiger partial charge in [-0.25, -0.2) is 8.42 Å². The van der Waals surface area contributed by atoms with Crippen LogP contribution < -0.4 is 10.5 Å². The van der Waals surface area contributed by atoms with Gasteiger partial charge in [-0.3, -0.25) is 0 Å². The molecule has 5 heteroatoms.